The second-order valence-corrected chi connectivity index (χ2v) is 4.51. The number of hydrogen-bond donors (Lipinski definition) is 2. The van der Waals surface area contributed by atoms with E-state index in [2.05, 4.69) is 5.32 Å². The fraction of sp³-hybridized carbons (Fsp3) is 0.778. The highest BCUT2D eigenvalue weighted by molar-refractivity contribution is 7.99. The van der Waals surface area contributed by atoms with Crippen LogP contribution in [0.3, 0.4) is 0 Å². The number of carboxylic acids is 1. The minimum absolute atomic E-state index is 0.0319. The second kappa shape index (κ2) is 5.85. The SMILES string of the molecule is CCNC(=O)N1CCSCC1CC(=O)O. The van der Waals surface area contributed by atoms with E-state index in [1.54, 1.807) is 16.7 Å². The number of rotatable bonds is 3. The van der Waals surface area contributed by atoms with Gasteiger partial charge in [-0.15, -0.1) is 0 Å². The Hall–Kier alpha value is -0.910. The summed E-state index contributed by atoms with van der Waals surface area (Å²) in [5.41, 5.74) is 0. The van der Waals surface area contributed by atoms with E-state index in [1.807, 2.05) is 6.92 Å². The van der Waals surface area contributed by atoms with E-state index in [0.29, 0.717) is 18.8 Å². The fourth-order valence-electron chi connectivity index (χ4n) is 1.55. The van der Waals surface area contributed by atoms with Crippen LogP contribution in [0.25, 0.3) is 0 Å². The third kappa shape index (κ3) is 3.62. The molecule has 15 heavy (non-hydrogen) atoms. The number of amides is 2. The number of hydrogen-bond acceptors (Lipinski definition) is 3. The van der Waals surface area contributed by atoms with Crippen LogP contribution in [0.5, 0.6) is 0 Å². The molecular weight excluding hydrogens is 216 g/mol. The Balaban J connectivity index is 2.56. The Morgan fingerprint density at radius 1 is 1.60 bits per heavy atom. The van der Waals surface area contributed by atoms with Crippen LogP contribution in [0, 0.1) is 0 Å². The van der Waals surface area contributed by atoms with Crippen LogP contribution in [0.2, 0.25) is 0 Å². The number of thioether (sulfide) groups is 1. The van der Waals surface area contributed by atoms with Crippen molar-refractivity contribution in [2.75, 3.05) is 24.6 Å². The standard InChI is InChI=1S/C9H16N2O3S/c1-2-10-9(14)11-3-4-15-6-7(11)5-8(12)13/h7H,2-6H2,1H3,(H,10,14)(H,12,13). The van der Waals surface area contributed by atoms with Crippen LogP contribution in [0.1, 0.15) is 13.3 Å². The number of aliphatic carboxylic acids is 1. The normalized spacial score (nSPS) is 21.1. The van der Waals surface area contributed by atoms with Crippen molar-refractivity contribution in [3.63, 3.8) is 0 Å². The second-order valence-electron chi connectivity index (χ2n) is 3.36. The average molecular weight is 232 g/mol. The molecule has 6 heteroatoms. The molecule has 0 aromatic carbocycles. The van der Waals surface area contributed by atoms with Crippen molar-refractivity contribution in [3.05, 3.63) is 0 Å². The maximum absolute atomic E-state index is 11.6. The van der Waals surface area contributed by atoms with Crippen LogP contribution in [0.15, 0.2) is 0 Å². The lowest BCUT2D eigenvalue weighted by Gasteiger charge is -2.34. The van der Waals surface area contributed by atoms with Crippen molar-refractivity contribution in [2.45, 2.75) is 19.4 Å². The molecule has 1 fully saturated rings. The molecule has 0 aromatic heterocycles. The third-order valence-corrected chi connectivity index (χ3v) is 3.32. The average Bonchev–Trinajstić information content (AvgIpc) is 2.18. The van der Waals surface area contributed by atoms with Gasteiger partial charge in [0, 0.05) is 24.6 Å². The lowest BCUT2D eigenvalue weighted by atomic mass is 10.2. The zero-order valence-electron chi connectivity index (χ0n) is 8.73. The molecule has 0 saturated carbocycles. The Morgan fingerprint density at radius 2 is 2.33 bits per heavy atom. The molecule has 1 aliphatic rings. The van der Waals surface area contributed by atoms with Crippen molar-refractivity contribution in [1.29, 1.82) is 0 Å². The number of carboxylic acid groups (broad SMARTS) is 1. The van der Waals surface area contributed by atoms with Gasteiger partial charge in [0.2, 0.25) is 0 Å². The van der Waals surface area contributed by atoms with E-state index < -0.39 is 5.97 Å². The number of carbonyl (C=O) groups is 2. The summed E-state index contributed by atoms with van der Waals surface area (Å²) in [5, 5.41) is 11.4. The van der Waals surface area contributed by atoms with Crippen molar-refractivity contribution in [3.8, 4) is 0 Å². The lowest BCUT2D eigenvalue weighted by molar-refractivity contribution is -0.137. The summed E-state index contributed by atoms with van der Waals surface area (Å²) < 4.78 is 0. The highest BCUT2D eigenvalue weighted by Crippen LogP contribution is 2.18. The predicted octanol–water partition coefficient (Wildman–Crippen LogP) is 0.608. The molecular formula is C9H16N2O3S. The molecule has 0 aromatic rings. The maximum atomic E-state index is 11.6. The predicted molar refractivity (Wildman–Crippen MR) is 59.1 cm³/mol. The molecule has 0 bridgehead atoms. The summed E-state index contributed by atoms with van der Waals surface area (Å²) in [5.74, 6) is 0.744. The van der Waals surface area contributed by atoms with E-state index in [4.69, 9.17) is 5.11 Å². The summed E-state index contributed by atoms with van der Waals surface area (Å²) in [6.07, 6.45) is 0.0319. The smallest absolute Gasteiger partial charge is 0.317 e. The Kier molecular flexibility index (Phi) is 4.74. The largest absolute Gasteiger partial charge is 0.481 e. The monoisotopic (exact) mass is 232 g/mol. The van der Waals surface area contributed by atoms with Crippen molar-refractivity contribution in [2.24, 2.45) is 0 Å². The Bertz CT molecular complexity index is 248. The maximum Gasteiger partial charge on any atom is 0.317 e. The number of nitrogens with zero attached hydrogens (tertiary/aromatic N) is 1. The molecule has 2 N–H and O–H groups in total. The van der Waals surface area contributed by atoms with E-state index >= 15 is 0 Å². The first-order chi connectivity index (χ1) is 7.15. The molecule has 0 radical (unpaired) electrons. The molecule has 1 atom stereocenters. The van der Waals surface area contributed by atoms with Gasteiger partial charge in [-0.2, -0.15) is 11.8 Å². The lowest BCUT2D eigenvalue weighted by Crippen LogP contribution is -2.51. The first kappa shape index (κ1) is 12.2. The molecule has 0 aliphatic carbocycles. The van der Waals surface area contributed by atoms with Gasteiger partial charge in [0.1, 0.15) is 0 Å². The van der Waals surface area contributed by atoms with Gasteiger partial charge in [0.15, 0.2) is 0 Å². The van der Waals surface area contributed by atoms with Crippen LogP contribution in [-0.2, 0) is 4.79 Å². The Morgan fingerprint density at radius 3 is 2.93 bits per heavy atom. The number of urea groups is 1. The third-order valence-electron chi connectivity index (χ3n) is 2.23. The van der Waals surface area contributed by atoms with Gasteiger partial charge in [-0.3, -0.25) is 4.79 Å². The summed E-state index contributed by atoms with van der Waals surface area (Å²) in [6.45, 7) is 3.06. The highest BCUT2D eigenvalue weighted by Gasteiger charge is 2.28. The molecule has 1 heterocycles. The van der Waals surface area contributed by atoms with E-state index in [0.717, 1.165) is 5.75 Å². The minimum Gasteiger partial charge on any atom is -0.481 e. The van der Waals surface area contributed by atoms with Crippen molar-refractivity contribution in [1.82, 2.24) is 10.2 Å². The van der Waals surface area contributed by atoms with Crippen LogP contribution in [0.4, 0.5) is 4.79 Å². The van der Waals surface area contributed by atoms with Crippen LogP contribution >= 0.6 is 11.8 Å². The summed E-state index contributed by atoms with van der Waals surface area (Å²) in [7, 11) is 0. The van der Waals surface area contributed by atoms with E-state index in [1.165, 1.54) is 0 Å². The zero-order valence-corrected chi connectivity index (χ0v) is 9.55. The molecule has 1 unspecified atom stereocenters. The highest BCUT2D eigenvalue weighted by atomic mass is 32.2. The van der Waals surface area contributed by atoms with Crippen molar-refractivity contribution >= 4 is 23.8 Å². The minimum atomic E-state index is -0.850. The van der Waals surface area contributed by atoms with Crippen molar-refractivity contribution < 1.29 is 14.7 Å². The number of nitrogens with one attached hydrogen (secondary N) is 1. The van der Waals surface area contributed by atoms with Gasteiger partial charge >= 0.3 is 12.0 Å². The Labute approximate surface area is 93.2 Å². The van der Waals surface area contributed by atoms with Gasteiger partial charge in [-0.1, -0.05) is 0 Å². The van der Waals surface area contributed by atoms with Crippen LogP contribution < -0.4 is 5.32 Å². The first-order valence-corrected chi connectivity index (χ1v) is 6.14. The van der Waals surface area contributed by atoms with Crippen LogP contribution in [-0.4, -0.2) is 52.6 Å². The van der Waals surface area contributed by atoms with E-state index in [-0.39, 0.29) is 18.5 Å². The molecule has 1 rings (SSSR count). The van der Waals surface area contributed by atoms with Gasteiger partial charge in [0.25, 0.3) is 0 Å². The summed E-state index contributed by atoms with van der Waals surface area (Å²) >= 11 is 1.70. The fourth-order valence-corrected chi connectivity index (χ4v) is 2.61. The molecule has 5 nitrogen and oxygen atoms in total. The van der Waals surface area contributed by atoms with Gasteiger partial charge in [-0.05, 0) is 6.92 Å². The molecule has 2 amide bonds. The number of carbonyl (C=O) groups excluding carboxylic acids is 1. The molecule has 1 aliphatic heterocycles. The zero-order chi connectivity index (χ0) is 11.3. The molecule has 86 valence electrons. The molecule has 1 saturated heterocycles. The first-order valence-electron chi connectivity index (χ1n) is 4.99. The molecule has 0 spiro atoms. The van der Waals surface area contributed by atoms with Gasteiger partial charge in [0.05, 0.1) is 12.5 Å². The topological polar surface area (TPSA) is 69.6 Å². The van der Waals surface area contributed by atoms with E-state index in [9.17, 15) is 9.59 Å². The summed E-state index contributed by atoms with van der Waals surface area (Å²) in [6, 6.07) is -0.322. The summed E-state index contributed by atoms with van der Waals surface area (Å²) in [4.78, 5) is 23.9. The van der Waals surface area contributed by atoms with Gasteiger partial charge in [-0.25, -0.2) is 4.79 Å². The van der Waals surface area contributed by atoms with Gasteiger partial charge < -0.3 is 15.3 Å². The quantitative estimate of drug-likeness (QED) is 0.748.